The monoisotopic (exact) mass is 347 g/mol. The van der Waals surface area contributed by atoms with Gasteiger partial charge in [0.05, 0.1) is 0 Å². The highest BCUT2D eigenvalue weighted by Gasteiger charge is 2.40. The number of carbonyl (C=O) groups excluding carboxylic acids is 1. The summed E-state index contributed by atoms with van der Waals surface area (Å²) in [7, 11) is 0. The second-order valence-corrected chi connectivity index (χ2v) is 7.08. The molecule has 4 heteroatoms. The fourth-order valence-electron chi connectivity index (χ4n) is 3.34. The van der Waals surface area contributed by atoms with Crippen LogP contribution in [0.25, 0.3) is 0 Å². The number of hydrogen-bond acceptors (Lipinski definition) is 2. The fourth-order valence-corrected chi connectivity index (χ4v) is 3.59. The van der Waals surface area contributed by atoms with Crippen molar-refractivity contribution in [1.82, 2.24) is 5.32 Å². The van der Waals surface area contributed by atoms with Crippen molar-refractivity contribution in [2.24, 2.45) is 11.8 Å². The molecule has 0 spiro atoms. The lowest BCUT2D eigenvalue weighted by Crippen LogP contribution is -2.46. The molecule has 2 aromatic rings. The molecular formula is C19H19Cl2NO. The van der Waals surface area contributed by atoms with Crippen LogP contribution in [0.1, 0.15) is 37.1 Å². The van der Waals surface area contributed by atoms with Gasteiger partial charge >= 0.3 is 0 Å². The Kier molecular flexibility index (Phi) is 4.77. The lowest BCUT2D eigenvalue weighted by molar-refractivity contribution is -0.130. The minimum absolute atomic E-state index is 0.0170. The van der Waals surface area contributed by atoms with E-state index < -0.39 is 0 Å². The average molecular weight is 348 g/mol. The van der Waals surface area contributed by atoms with E-state index in [9.17, 15) is 4.79 Å². The highest BCUT2D eigenvalue weighted by atomic mass is 35.5. The number of nitrogens with one attached hydrogen (secondary N) is 1. The lowest BCUT2D eigenvalue weighted by Gasteiger charge is -2.39. The van der Waals surface area contributed by atoms with E-state index >= 15 is 0 Å². The molecule has 0 aromatic heterocycles. The van der Waals surface area contributed by atoms with Crippen LogP contribution in [0.15, 0.2) is 48.5 Å². The molecule has 4 atom stereocenters. The van der Waals surface area contributed by atoms with Crippen molar-refractivity contribution in [2.45, 2.75) is 25.9 Å². The molecule has 2 aromatic carbocycles. The molecule has 0 radical (unpaired) electrons. The molecule has 3 rings (SSSR count). The van der Waals surface area contributed by atoms with Crippen molar-refractivity contribution in [3.05, 3.63) is 69.7 Å². The van der Waals surface area contributed by atoms with Crippen LogP contribution < -0.4 is 5.32 Å². The summed E-state index contributed by atoms with van der Waals surface area (Å²) in [6, 6.07) is 15.4. The maximum atomic E-state index is 12.7. The Bertz CT molecular complexity index is 637. The SMILES string of the molecule is C[C@H]1C(=O)[C@H](C)[C@@H](c2ccc(Cl)cc2)N[C@@H]1c1ccc(Cl)cc1. The molecule has 0 saturated carbocycles. The zero-order valence-electron chi connectivity index (χ0n) is 13.1. The normalized spacial score (nSPS) is 27.9. The Balaban J connectivity index is 1.94. The number of halogens is 2. The molecule has 23 heavy (non-hydrogen) atoms. The van der Waals surface area contributed by atoms with Gasteiger partial charge in [0, 0.05) is 34.0 Å². The van der Waals surface area contributed by atoms with Gasteiger partial charge in [-0.25, -0.2) is 0 Å². The third-order valence-electron chi connectivity index (χ3n) is 4.71. The molecule has 0 amide bonds. The first-order valence-electron chi connectivity index (χ1n) is 7.78. The van der Waals surface area contributed by atoms with E-state index in [1.54, 1.807) is 0 Å². The van der Waals surface area contributed by atoms with Crippen LogP contribution in [0.3, 0.4) is 0 Å². The van der Waals surface area contributed by atoms with Crippen molar-refractivity contribution in [2.75, 3.05) is 0 Å². The van der Waals surface area contributed by atoms with Crippen molar-refractivity contribution >= 4 is 29.0 Å². The molecule has 0 bridgehead atoms. The third kappa shape index (κ3) is 3.30. The maximum absolute atomic E-state index is 12.7. The Morgan fingerprint density at radius 1 is 0.739 bits per heavy atom. The summed E-state index contributed by atoms with van der Waals surface area (Å²) < 4.78 is 0. The topological polar surface area (TPSA) is 29.1 Å². The summed E-state index contributed by atoms with van der Waals surface area (Å²) in [4.78, 5) is 12.7. The number of carbonyl (C=O) groups is 1. The van der Waals surface area contributed by atoms with Crippen LogP contribution in [-0.4, -0.2) is 5.78 Å². The molecule has 1 aliphatic heterocycles. The van der Waals surface area contributed by atoms with Gasteiger partial charge in [-0.3, -0.25) is 4.79 Å². The van der Waals surface area contributed by atoms with Crippen LogP contribution in [0, 0.1) is 11.8 Å². The highest BCUT2D eigenvalue weighted by Crippen LogP contribution is 2.38. The number of Topliss-reactive ketones (excluding diaryl/α,β-unsaturated/α-hetero) is 1. The van der Waals surface area contributed by atoms with E-state index in [2.05, 4.69) is 5.32 Å². The number of benzene rings is 2. The zero-order chi connectivity index (χ0) is 16.6. The van der Waals surface area contributed by atoms with E-state index in [1.807, 2.05) is 62.4 Å². The highest BCUT2D eigenvalue weighted by molar-refractivity contribution is 6.30. The molecule has 2 nitrogen and oxygen atoms in total. The Hall–Kier alpha value is -1.35. The lowest BCUT2D eigenvalue weighted by atomic mass is 9.76. The maximum Gasteiger partial charge on any atom is 0.142 e. The van der Waals surface area contributed by atoms with Gasteiger partial charge in [0.1, 0.15) is 5.78 Å². The quantitative estimate of drug-likeness (QED) is 0.806. The number of rotatable bonds is 2. The van der Waals surface area contributed by atoms with Gasteiger partial charge in [0.2, 0.25) is 0 Å². The minimum atomic E-state index is -0.0743. The van der Waals surface area contributed by atoms with E-state index in [-0.39, 0.29) is 29.7 Å². The van der Waals surface area contributed by atoms with Crippen molar-refractivity contribution < 1.29 is 4.79 Å². The van der Waals surface area contributed by atoms with Gasteiger partial charge in [-0.05, 0) is 35.4 Å². The van der Waals surface area contributed by atoms with Crippen LogP contribution in [-0.2, 0) is 4.79 Å². The van der Waals surface area contributed by atoms with E-state index in [0.717, 1.165) is 11.1 Å². The van der Waals surface area contributed by atoms with E-state index in [4.69, 9.17) is 23.2 Å². The Morgan fingerprint density at radius 3 is 1.43 bits per heavy atom. The molecule has 0 aliphatic carbocycles. The minimum Gasteiger partial charge on any atom is -0.302 e. The molecule has 1 fully saturated rings. The summed E-state index contributed by atoms with van der Waals surface area (Å²) >= 11 is 12.0. The second kappa shape index (κ2) is 6.64. The van der Waals surface area contributed by atoms with Crippen LogP contribution >= 0.6 is 23.2 Å². The van der Waals surface area contributed by atoms with Crippen LogP contribution in [0.2, 0.25) is 10.0 Å². The van der Waals surface area contributed by atoms with Crippen molar-refractivity contribution in [1.29, 1.82) is 0 Å². The van der Waals surface area contributed by atoms with Gasteiger partial charge in [-0.15, -0.1) is 0 Å². The summed E-state index contributed by atoms with van der Waals surface area (Å²) in [6.45, 7) is 3.98. The third-order valence-corrected chi connectivity index (χ3v) is 5.22. The molecule has 120 valence electrons. The zero-order valence-corrected chi connectivity index (χ0v) is 14.6. The summed E-state index contributed by atoms with van der Waals surface area (Å²) in [5.74, 6) is 0.133. The van der Waals surface area contributed by atoms with Gasteiger partial charge in [-0.1, -0.05) is 61.3 Å². The predicted octanol–water partition coefficient (Wildman–Crippen LogP) is 5.22. The van der Waals surface area contributed by atoms with Crippen molar-refractivity contribution in [3.63, 3.8) is 0 Å². The Labute approximate surface area is 146 Å². The van der Waals surface area contributed by atoms with Crippen LogP contribution in [0.4, 0.5) is 0 Å². The number of hydrogen-bond donors (Lipinski definition) is 1. The van der Waals surface area contributed by atoms with Gasteiger partial charge < -0.3 is 5.32 Å². The fraction of sp³-hybridized carbons (Fsp3) is 0.316. The first-order chi connectivity index (χ1) is 11.0. The first kappa shape index (κ1) is 16.5. The summed E-state index contributed by atoms with van der Waals surface area (Å²) in [6.07, 6.45) is 0. The standard InChI is InChI=1S/C19H19Cl2NO/c1-11-17(13-3-7-15(20)8-4-13)22-18(12(2)19(11)23)14-5-9-16(21)10-6-14/h3-12,17-18,22H,1-2H3/t11-,12-,17+,18+/m1/s1. The summed E-state index contributed by atoms with van der Waals surface area (Å²) in [5, 5.41) is 5.05. The average Bonchev–Trinajstić information content (AvgIpc) is 2.55. The van der Waals surface area contributed by atoms with Gasteiger partial charge in [0.15, 0.2) is 0 Å². The van der Waals surface area contributed by atoms with Crippen molar-refractivity contribution in [3.8, 4) is 0 Å². The van der Waals surface area contributed by atoms with Gasteiger partial charge in [0.25, 0.3) is 0 Å². The summed E-state index contributed by atoms with van der Waals surface area (Å²) in [5.41, 5.74) is 2.17. The molecule has 1 heterocycles. The molecule has 1 saturated heterocycles. The largest absolute Gasteiger partial charge is 0.302 e. The predicted molar refractivity (Wildman–Crippen MR) is 94.9 cm³/mol. The Morgan fingerprint density at radius 2 is 1.09 bits per heavy atom. The van der Waals surface area contributed by atoms with Gasteiger partial charge in [-0.2, -0.15) is 0 Å². The van der Waals surface area contributed by atoms with Crippen LogP contribution in [0.5, 0.6) is 0 Å². The smallest absolute Gasteiger partial charge is 0.142 e. The molecule has 1 aliphatic rings. The second-order valence-electron chi connectivity index (χ2n) is 6.20. The van der Waals surface area contributed by atoms with E-state index in [0.29, 0.717) is 10.0 Å². The molecule has 1 N–H and O–H groups in total. The first-order valence-corrected chi connectivity index (χ1v) is 8.53. The number of ketones is 1. The number of piperidine rings is 1. The molecular weight excluding hydrogens is 329 g/mol. The van der Waals surface area contributed by atoms with E-state index in [1.165, 1.54) is 0 Å². The molecule has 0 unspecified atom stereocenters.